The summed E-state index contributed by atoms with van der Waals surface area (Å²) in [4.78, 5) is 4.78. The molecule has 0 radical (unpaired) electrons. The maximum Gasteiger partial charge on any atom is 0.112 e. The Bertz CT molecular complexity index is 1200. The van der Waals surface area contributed by atoms with Gasteiger partial charge in [0.1, 0.15) is 11.4 Å². The number of alkyl halides is 1. The first-order chi connectivity index (χ1) is 15.2. The number of hydrogen-bond acceptors (Lipinski definition) is 7. The molecule has 10 nitrogen and oxygen atoms in total. The SMILES string of the molecule is CO[C@@H](CCl)C[C@H](CC#N)n1cc(-c2nc(-c3cc(CO)[nH]n3)cn3nccc23)cn1. The van der Waals surface area contributed by atoms with Crippen molar-refractivity contribution in [1.29, 1.82) is 5.26 Å². The van der Waals surface area contributed by atoms with E-state index in [4.69, 9.17) is 21.3 Å². The fourth-order valence-electron chi connectivity index (χ4n) is 3.41. The van der Waals surface area contributed by atoms with Gasteiger partial charge >= 0.3 is 0 Å². The molecule has 4 rings (SSSR count). The van der Waals surface area contributed by atoms with Crippen LogP contribution in [0.2, 0.25) is 0 Å². The molecule has 0 aliphatic heterocycles. The number of aliphatic hydroxyl groups is 1. The Morgan fingerprint density at radius 2 is 2.19 bits per heavy atom. The van der Waals surface area contributed by atoms with Crippen LogP contribution in [0.25, 0.3) is 28.2 Å². The van der Waals surface area contributed by atoms with Gasteiger partial charge in [-0.15, -0.1) is 11.6 Å². The number of hydrogen-bond donors (Lipinski definition) is 2. The minimum absolute atomic E-state index is 0.137. The van der Waals surface area contributed by atoms with E-state index in [2.05, 4.69) is 26.5 Å². The summed E-state index contributed by atoms with van der Waals surface area (Å²) in [7, 11) is 1.61. The first-order valence-electron chi connectivity index (χ1n) is 9.67. The third kappa shape index (κ3) is 4.29. The van der Waals surface area contributed by atoms with Crippen molar-refractivity contribution in [2.75, 3.05) is 13.0 Å². The summed E-state index contributed by atoms with van der Waals surface area (Å²) in [5.74, 6) is 0.339. The number of halogens is 1. The number of nitriles is 1. The summed E-state index contributed by atoms with van der Waals surface area (Å²) in [6, 6.07) is 5.65. The number of aromatic amines is 1. The minimum atomic E-state index is -0.176. The van der Waals surface area contributed by atoms with E-state index in [-0.39, 0.29) is 25.2 Å². The number of rotatable bonds is 9. The highest BCUT2D eigenvalue weighted by atomic mass is 35.5. The number of methoxy groups -OCH3 is 1. The molecule has 31 heavy (non-hydrogen) atoms. The number of H-pyrrole nitrogens is 1. The van der Waals surface area contributed by atoms with Crippen molar-refractivity contribution in [1.82, 2.24) is 34.6 Å². The quantitative estimate of drug-likeness (QED) is 0.382. The van der Waals surface area contributed by atoms with E-state index in [0.29, 0.717) is 35.1 Å². The molecule has 11 heteroatoms. The molecule has 0 amide bonds. The van der Waals surface area contributed by atoms with E-state index in [1.54, 1.807) is 41.0 Å². The molecule has 0 spiro atoms. The van der Waals surface area contributed by atoms with Gasteiger partial charge in [0.25, 0.3) is 0 Å². The molecular weight excluding hydrogens is 420 g/mol. The smallest absolute Gasteiger partial charge is 0.112 e. The number of ether oxygens (including phenoxy) is 1. The van der Waals surface area contributed by atoms with E-state index < -0.39 is 0 Å². The highest BCUT2D eigenvalue weighted by molar-refractivity contribution is 6.18. The van der Waals surface area contributed by atoms with Gasteiger partial charge < -0.3 is 9.84 Å². The fourth-order valence-corrected chi connectivity index (χ4v) is 3.66. The second-order valence-electron chi connectivity index (χ2n) is 7.05. The van der Waals surface area contributed by atoms with Gasteiger partial charge in [0.2, 0.25) is 0 Å². The Kier molecular flexibility index (Phi) is 6.27. The molecule has 4 aromatic rings. The molecule has 4 aromatic heterocycles. The lowest BCUT2D eigenvalue weighted by Gasteiger charge is -2.19. The van der Waals surface area contributed by atoms with Crippen molar-refractivity contribution in [2.24, 2.45) is 0 Å². The Morgan fingerprint density at radius 1 is 1.32 bits per heavy atom. The molecule has 0 saturated heterocycles. The van der Waals surface area contributed by atoms with E-state index in [0.717, 1.165) is 11.1 Å². The Labute approximate surface area is 183 Å². The lowest BCUT2D eigenvalue weighted by Crippen LogP contribution is -2.20. The molecular formula is C20H21ClN8O2. The molecule has 4 heterocycles. The Balaban J connectivity index is 1.73. The van der Waals surface area contributed by atoms with Crippen molar-refractivity contribution >= 4 is 17.1 Å². The van der Waals surface area contributed by atoms with Gasteiger partial charge in [-0.3, -0.25) is 9.78 Å². The average Bonchev–Trinajstić information content (AvgIpc) is 3.55. The fraction of sp³-hybridized carbons (Fsp3) is 0.350. The average molecular weight is 441 g/mol. The predicted octanol–water partition coefficient (Wildman–Crippen LogP) is 2.57. The highest BCUT2D eigenvalue weighted by Gasteiger charge is 2.20. The maximum absolute atomic E-state index is 9.31. The van der Waals surface area contributed by atoms with Gasteiger partial charge in [0, 0.05) is 24.8 Å². The van der Waals surface area contributed by atoms with Crippen LogP contribution in [-0.2, 0) is 11.3 Å². The molecule has 0 aliphatic rings. The number of aromatic nitrogens is 7. The monoisotopic (exact) mass is 440 g/mol. The van der Waals surface area contributed by atoms with Crippen LogP contribution in [0.5, 0.6) is 0 Å². The summed E-state index contributed by atoms with van der Waals surface area (Å²) < 4.78 is 8.86. The molecule has 2 atom stereocenters. The van der Waals surface area contributed by atoms with Crippen LogP contribution in [0.4, 0.5) is 0 Å². The van der Waals surface area contributed by atoms with Gasteiger partial charge in [-0.2, -0.15) is 20.6 Å². The third-order valence-corrected chi connectivity index (χ3v) is 5.41. The highest BCUT2D eigenvalue weighted by Crippen LogP contribution is 2.28. The number of nitrogens with one attached hydrogen (secondary N) is 1. The van der Waals surface area contributed by atoms with Crippen molar-refractivity contribution in [3.63, 3.8) is 0 Å². The Morgan fingerprint density at radius 3 is 2.90 bits per heavy atom. The first kappa shape index (κ1) is 21.0. The number of aliphatic hydroxyl groups excluding tert-OH is 1. The summed E-state index contributed by atoms with van der Waals surface area (Å²) in [6.45, 7) is -0.137. The maximum atomic E-state index is 9.31. The first-order valence-corrected chi connectivity index (χ1v) is 10.2. The van der Waals surface area contributed by atoms with Crippen LogP contribution in [0, 0.1) is 11.3 Å². The van der Waals surface area contributed by atoms with Gasteiger partial charge in [0.15, 0.2) is 0 Å². The van der Waals surface area contributed by atoms with Crippen LogP contribution >= 0.6 is 11.6 Å². The van der Waals surface area contributed by atoms with Gasteiger partial charge in [-0.05, 0) is 18.6 Å². The largest absolute Gasteiger partial charge is 0.390 e. The molecule has 0 fully saturated rings. The summed E-state index contributed by atoms with van der Waals surface area (Å²) >= 11 is 5.96. The zero-order valence-electron chi connectivity index (χ0n) is 16.8. The van der Waals surface area contributed by atoms with Crippen LogP contribution in [0.3, 0.4) is 0 Å². The van der Waals surface area contributed by atoms with E-state index >= 15 is 0 Å². The molecule has 0 aromatic carbocycles. The predicted molar refractivity (Wildman–Crippen MR) is 113 cm³/mol. The zero-order valence-corrected chi connectivity index (χ0v) is 17.6. The van der Waals surface area contributed by atoms with Gasteiger partial charge in [-0.25, -0.2) is 9.50 Å². The number of nitrogens with zero attached hydrogens (tertiary/aromatic N) is 7. The second-order valence-corrected chi connectivity index (χ2v) is 7.35. The molecule has 0 saturated carbocycles. The molecule has 2 N–H and O–H groups in total. The second kappa shape index (κ2) is 9.26. The van der Waals surface area contributed by atoms with E-state index in [9.17, 15) is 10.4 Å². The topological polar surface area (TPSA) is 130 Å². The third-order valence-electron chi connectivity index (χ3n) is 5.07. The zero-order chi connectivity index (χ0) is 21.8. The van der Waals surface area contributed by atoms with Crippen LogP contribution in [0.1, 0.15) is 24.6 Å². The minimum Gasteiger partial charge on any atom is -0.390 e. The van der Waals surface area contributed by atoms with Gasteiger partial charge in [0.05, 0.1) is 66.7 Å². The van der Waals surface area contributed by atoms with Crippen LogP contribution in [-0.4, -0.2) is 58.8 Å². The molecule has 0 bridgehead atoms. The molecule has 0 unspecified atom stereocenters. The van der Waals surface area contributed by atoms with Gasteiger partial charge in [-0.1, -0.05) is 0 Å². The number of fused-ring (bicyclic) bond motifs is 1. The normalized spacial score (nSPS) is 13.4. The summed E-state index contributed by atoms with van der Waals surface area (Å²) in [5, 5.41) is 34.4. The van der Waals surface area contributed by atoms with Crippen molar-refractivity contribution in [3.8, 4) is 28.7 Å². The van der Waals surface area contributed by atoms with Crippen LogP contribution in [0.15, 0.2) is 36.9 Å². The lowest BCUT2D eigenvalue weighted by molar-refractivity contribution is 0.0976. The van der Waals surface area contributed by atoms with E-state index in [1.165, 1.54) is 0 Å². The Hall–Kier alpha value is -3.26. The lowest BCUT2D eigenvalue weighted by atomic mass is 10.1. The van der Waals surface area contributed by atoms with Crippen molar-refractivity contribution in [3.05, 3.63) is 42.6 Å². The summed E-state index contributed by atoms with van der Waals surface area (Å²) in [5.41, 5.74) is 4.08. The standard InChI is InChI=1S/C20H21ClN8O2/c1-31-16(8-21)7-15(2-4-22)28-10-13(9-24-28)20-19-3-5-23-29(19)11-18(25-20)17-6-14(12-30)26-27-17/h3,5-6,9-11,15-16,30H,2,7-8,12H2,1H3,(H,26,27)/t15-,16+/m0/s1. The summed E-state index contributed by atoms with van der Waals surface area (Å²) in [6.07, 6.45) is 7.74. The molecule has 160 valence electrons. The van der Waals surface area contributed by atoms with Crippen molar-refractivity contribution < 1.29 is 9.84 Å². The van der Waals surface area contributed by atoms with Crippen molar-refractivity contribution in [2.45, 2.75) is 31.6 Å². The van der Waals surface area contributed by atoms with E-state index in [1.807, 2.05) is 12.3 Å². The molecule has 0 aliphatic carbocycles. The van der Waals surface area contributed by atoms with Crippen LogP contribution < -0.4 is 0 Å².